The summed E-state index contributed by atoms with van der Waals surface area (Å²) in [4.78, 5) is 12.4. The average molecular weight is 405 g/mol. The van der Waals surface area contributed by atoms with Crippen molar-refractivity contribution in [3.05, 3.63) is 76.4 Å². The van der Waals surface area contributed by atoms with Crippen LogP contribution in [0, 0.1) is 6.92 Å². The lowest BCUT2D eigenvalue weighted by Gasteiger charge is -2.09. The molecule has 0 unspecified atom stereocenters. The van der Waals surface area contributed by atoms with Gasteiger partial charge in [0.2, 0.25) is 0 Å². The lowest BCUT2D eigenvalue weighted by atomic mass is 10.2. The first kappa shape index (κ1) is 18.9. The van der Waals surface area contributed by atoms with Crippen LogP contribution in [0.25, 0.3) is 0 Å². The Bertz CT molecular complexity index is 1040. The van der Waals surface area contributed by atoms with Gasteiger partial charge < -0.3 is 5.32 Å². The maximum Gasteiger partial charge on any atom is 0.279 e. The molecule has 0 saturated heterocycles. The summed E-state index contributed by atoms with van der Waals surface area (Å²) < 4.78 is 27.6. The van der Waals surface area contributed by atoms with Crippen LogP contribution in [0.5, 0.6) is 0 Å². The first-order valence-electron chi connectivity index (χ1n) is 8.01. The third kappa shape index (κ3) is 4.66. The highest BCUT2D eigenvalue weighted by Gasteiger charge is 2.25. The summed E-state index contributed by atoms with van der Waals surface area (Å²) in [6.07, 6.45) is 1.18. The SMILES string of the molecule is Cc1ccc(NS(=O)(=O)c2[nH]ncc2C(=O)NCc2ccc(Cl)cc2)cc1. The molecule has 3 aromatic rings. The average Bonchev–Trinajstić information content (AvgIpc) is 3.14. The zero-order chi connectivity index (χ0) is 19.4. The smallest absolute Gasteiger partial charge is 0.279 e. The number of nitrogens with one attached hydrogen (secondary N) is 3. The molecule has 140 valence electrons. The van der Waals surface area contributed by atoms with E-state index in [1.54, 1.807) is 48.5 Å². The van der Waals surface area contributed by atoms with Gasteiger partial charge in [-0.25, -0.2) is 0 Å². The third-order valence-corrected chi connectivity index (χ3v) is 5.39. The highest BCUT2D eigenvalue weighted by atomic mass is 35.5. The molecule has 27 heavy (non-hydrogen) atoms. The number of rotatable bonds is 6. The van der Waals surface area contributed by atoms with E-state index in [0.29, 0.717) is 10.7 Å². The Morgan fingerprint density at radius 1 is 1.11 bits per heavy atom. The summed E-state index contributed by atoms with van der Waals surface area (Å²) in [5.74, 6) is -0.553. The molecule has 0 radical (unpaired) electrons. The first-order chi connectivity index (χ1) is 12.8. The van der Waals surface area contributed by atoms with E-state index < -0.39 is 15.9 Å². The molecule has 3 rings (SSSR count). The number of halogens is 1. The number of hydrogen-bond acceptors (Lipinski definition) is 4. The van der Waals surface area contributed by atoms with Crippen LogP contribution in [0.4, 0.5) is 5.69 Å². The monoisotopic (exact) mass is 404 g/mol. The number of H-pyrrole nitrogens is 1. The van der Waals surface area contributed by atoms with Gasteiger partial charge >= 0.3 is 0 Å². The predicted molar refractivity (Wildman–Crippen MR) is 103 cm³/mol. The zero-order valence-electron chi connectivity index (χ0n) is 14.4. The Morgan fingerprint density at radius 2 is 1.78 bits per heavy atom. The molecule has 1 amide bonds. The van der Waals surface area contributed by atoms with E-state index in [9.17, 15) is 13.2 Å². The van der Waals surface area contributed by atoms with Crippen LogP contribution in [0.1, 0.15) is 21.5 Å². The number of aryl methyl sites for hydroxylation is 1. The molecule has 1 heterocycles. The lowest BCUT2D eigenvalue weighted by molar-refractivity contribution is 0.0947. The summed E-state index contributed by atoms with van der Waals surface area (Å²) in [6, 6.07) is 13.8. The molecule has 0 atom stereocenters. The van der Waals surface area contributed by atoms with Gasteiger partial charge in [0, 0.05) is 17.3 Å². The largest absolute Gasteiger partial charge is 0.348 e. The number of benzene rings is 2. The van der Waals surface area contributed by atoms with Gasteiger partial charge in [0.05, 0.1) is 11.8 Å². The number of carbonyl (C=O) groups is 1. The van der Waals surface area contributed by atoms with Crippen LogP contribution in [0.2, 0.25) is 5.02 Å². The number of amides is 1. The quantitative estimate of drug-likeness (QED) is 0.587. The van der Waals surface area contributed by atoms with Crippen LogP contribution in [0.3, 0.4) is 0 Å². The van der Waals surface area contributed by atoms with Crippen molar-refractivity contribution in [3.63, 3.8) is 0 Å². The fourth-order valence-corrected chi connectivity index (χ4v) is 3.63. The van der Waals surface area contributed by atoms with Crippen molar-refractivity contribution >= 4 is 33.2 Å². The number of carbonyl (C=O) groups excluding carboxylic acids is 1. The third-order valence-electron chi connectivity index (χ3n) is 3.79. The van der Waals surface area contributed by atoms with E-state index in [-0.39, 0.29) is 17.1 Å². The summed E-state index contributed by atoms with van der Waals surface area (Å²) in [5.41, 5.74) is 2.16. The number of hydrogen-bond donors (Lipinski definition) is 3. The molecule has 0 aliphatic carbocycles. The fraction of sp³-hybridized carbons (Fsp3) is 0.111. The van der Waals surface area contributed by atoms with Crippen LogP contribution in [-0.4, -0.2) is 24.5 Å². The Kier molecular flexibility index (Phi) is 5.48. The van der Waals surface area contributed by atoms with E-state index in [1.165, 1.54) is 6.20 Å². The van der Waals surface area contributed by atoms with E-state index in [2.05, 4.69) is 20.2 Å². The number of anilines is 1. The zero-order valence-corrected chi connectivity index (χ0v) is 15.9. The van der Waals surface area contributed by atoms with Crippen molar-refractivity contribution in [2.75, 3.05) is 4.72 Å². The second-order valence-corrected chi connectivity index (χ2v) is 7.95. The van der Waals surface area contributed by atoms with E-state index in [1.807, 2.05) is 6.92 Å². The van der Waals surface area contributed by atoms with E-state index in [0.717, 1.165) is 11.1 Å². The number of nitrogens with zero attached hydrogens (tertiary/aromatic N) is 1. The van der Waals surface area contributed by atoms with Crippen molar-refractivity contribution < 1.29 is 13.2 Å². The molecule has 0 aliphatic heterocycles. The fourth-order valence-electron chi connectivity index (χ4n) is 2.35. The minimum atomic E-state index is -3.99. The molecule has 0 fully saturated rings. The molecule has 0 spiro atoms. The van der Waals surface area contributed by atoms with Crippen LogP contribution >= 0.6 is 11.6 Å². The Hall–Kier alpha value is -2.84. The second-order valence-electron chi connectivity index (χ2n) is 5.89. The Labute approximate surface area is 161 Å². The number of aromatic nitrogens is 2. The molecule has 1 aromatic heterocycles. The van der Waals surface area contributed by atoms with E-state index >= 15 is 0 Å². The van der Waals surface area contributed by atoms with Crippen LogP contribution in [-0.2, 0) is 16.6 Å². The molecule has 7 nitrogen and oxygen atoms in total. The van der Waals surface area contributed by atoms with Gasteiger partial charge in [-0.3, -0.25) is 14.6 Å². The minimum Gasteiger partial charge on any atom is -0.348 e. The molecule has 0 aliphatic rings. The standard InChI is InChI=1S/C18H17ClN4O3S/c1-12-2-8-15(9-3-12)23-27(25,26)18-16(11-21-22-18)17(24)20-10-13-4-6-14(19)7-5-13/h2-9,11,23H,10H2,1H3,(H,20,24)(H,21,22). The maximum atomic E-state index is 12.6. The summed E-state index contributed by atoms with van der Waals surface area (Å²) in [6.45, 7) is 2.13. The van der Waals surface area contributed by atoms with Gasteiger partial charge in [0.1, 0.15) is 0 Å². The first-order valence-corrected chi connectivity index (χ1v) is 9.87. The second kappa shape index (κ2) is 7.81. The van der Waals surface area contributed by atoms with Gasteiger partial charge in [-0.1, -0.05) is 41.4 Å². The Morgan fingerprint density at radius 3 is 2.44 bits per heavy atom. The highest BCUT2D eigenvalue weighted by molar-refractivity contribution is 7.92. The molecule has 0 saturated carbocycles. The predicted octanol–water partition coefficient (Wildman–Crippen LogP) is 3.10. The number of sulfonamides is 1. The van der Waals surface area contributed by atoms with Crippen molar-refractivity contribution in [1.82, 2.24) is 15.5 Å². The van der Waals surface area contributed by atoms with Crippen molar-refractivity contribution in [1.29, 1.82) is 0 Å². The Balaban J connectivity index is 1.74. The molecule has 3 N–H and O–H groups in total. The van der Waals surface area contributed by atoms with E-state index in [4.69, 9.17) is 11.6 Å². The van der Waals surface area contributed by atoms with Crippen molar-refractivity contribution in [2.45, 2.75) is 18.5 Å². The van der Waals surface area contributed by atoms with Gasteiger partial charge in [-0.2, -0.15) is 13.5 Å². The summed E-state index contributed by atoms with van der Waals surface area (Å²) >= 11 is 5.83. The number of aromatic amines is 1. The van der Waals surface area contributed by atoms with Crippen molar-refractivity contribution in [2.24, 2.45) is 0 Å². The summed E-state index contributed by atoms with van der Waals surface area (Å²) in [5, 5.41) is 9.06. The molecular weight excluding hydrogens is 388 g/mol. The molecular formula is C18H17ClN4O3S. The molecule has 9 heteroatoms. The van der Waals surface area contributed by atoms with Crippen LogP contribution in [0.15, 0.2) is 59.8 Å². The highest BCUT2D eigenvalue weighted by Crippen LogP contribution is 2.18. The lowest BCUT2D eigenvalue weighted by Crippen LogP contribution is -2.25. The van der Waals surface area contributed by atoms with Crippen molar-refractivity contribution in [3.8, 4) is 0 Å². The van der Waals surface area contributed by atoms with Gasteiger partial charge in [0.15, 0.2) is 5.03 Å². The van der Waals surface area contributed by atoms with Crippen LogP contribution < -0.4 is 10.0 Å². The minimum absolute atomic E-state index is 0.0661. The topological polar surface area (TPSA) is 104 Å². The summed E-state index contributed by atoms with van der Waals surface area (Å²) in [7, 11) is -3.99. The van der Waals surface area contributed by atoms with Gasteiger partial charge in [0.25, 0.3) is 15.9 Å². The molecule has 0 bridgehead atoms. The maximum absolute atomic E-state index is 12.6. The molecule has 2 aromatic carbocycles. The van der Waals surface area contributed by atoms with Gasteiger partial charge in [-0.05, 0) is 36.8 Å². The van der Waals surface area contributed by atoms with Gasteiger partial charge in [-0.15, -0.1) is 0 Å². The normalized spacial score (nSPS) is 11.2.